The fourth-order valence-electron chi connectivity index (χ4n) is 0.665. The number of hydrogen-bond acceptors (Lipinski definition) is 2. The number of nitrogens with one attached hydrogen (secondary N) is 2. The first-order chi connectivity index (χ1) is 5.81. The maximum absolute atomic E-state index is 10.8. The highest BCUT2D eigenvalue weighted by Gasteiger charge is 1.95. The summed E-state index contributed by atoms with van der Waals surface area (Å²) in [6.07, 6.45) is 6.77. The van der Waals surface area contributed by atoms with Crippen LogP contribution in [0.25, 0.3) is 0 Å². The number of urea groups is 1. The summed E-state index contributed by atoms with van der Waals surface area (Å²) < 4.78 is 0. The summed E-state index contributed by atoms with van der Waals surface area (Å²) in [7, 11) is 0. The Morgan fingerprint density at radius 1 is 1.42 bits per heavy atom. The molecule has 0 radical (unpaired) electrons. The van der Waals surface area contributed by atoms with E-state index in [0.29, 0.717) is 13.1 Å². The van der Waals surface area contributed by atoms with Crippen LogP contribution in [0.2, 0.25) is 0 Å². The molecule has 4 heteroatoms. The molecule has 0 rings (SSSR count). The molecule has 0 unspecified atom stereocenters. The second-order valence-electron chi connectivity index (χ2n) is 2.31. The van der Waals surface area contributed by atoms with Crippen molar-refractivity contribution >= 4 is 6.03 Å². The van der Waals surface area contributed by atoms with E-state index in [1.54, 1.807) is 0 Å². The summed E-state index contributed by atoms with van der Waals surface area (Å²) in [5.74, 6) is 2.31. The van der Waals surface area contributed by atoms with Gasteiger partial charge in [0.1, 0.15) is 0 Å². The number of rotatable bonds is 5. The summed E-state index contributed by atoms with van der Waals surface area (Å²) in [6.45, 7) is 1.57. The number of amides is 2. The third-order valence-corrected chi connectivity index (χ3v) is 1.27. The molecule has 0 saturated heterocycles. The van der Waals surface area contributed by atoms with E-state index in [2.05, 4.69) is 16.6 Å². The van der Waals surface area contributed by atoms with Crippen LogP contribution >= 0.6 is 0 Å². The van der Waals surface area contributed by atoms with E-state index in [1.165, 1.54) is 0 Å². The lowest BCUT2D eigenvalue weighted by atomic mass is 10.3. The molecule has 2 amide bonds. The van der Waals surface area contributed by atoms with Crippen molar-refractivity contribution in [1.82, 2.24) is 10.6 Å². The van der Waals surface area contributed by atoms with Crippen molar-refractivity contribution in [2.24, 2.45) is 5.73 Å². The van der Waals surface area contributed by atoms with Crippen LogP contribution in [0.3, 0.4) is 0 Å². The Hall–Kier alpha value is -1.21. The van der Waals surface area contributed by atoms with Crippen LogP contribution in [0.4, 0.5) is 4.79 Å². The van der Waals surface area contributed by atoms with E-state index in [0.717, 1.165) is 12.8 Å². The molecular formula is C8H15N3O. The molecule has 0 spiro atoms. The Balaban J connectivity index is 3.15. The van der Waals surface area contributed by atoms with Gasteiger partial charge in [-0.2, -0.15) is 0 Å². The Kier molecular flexibility index (Phi) is 7.10. The van der Waals surface area contributed by atoms with Gasteiger partial charge in [-0.15, -0.1) is 6.42 Å². The average molecular weight is 169 g/mol. The molecule has 68 valence electrons. The molecular weight excluding hydrogens is 154 g/mol. The number of unbranched alkanes of at least 4 members (excludes halogenated alkanes) is 1. The molecule has 0 bridgehead atoms. The molecule has 0 aromatic rings. The average Bonchev–Trinajstić information content (AvgIpc) is 2.09. The minimum atomic E-state index is -0.218. The molecule has 0 saturated carbocycles. The van der Waals surface area contributed by atoms with Gasteiger partial charge in [0.15, 0.2) is 0 Å². The van der Waals surface area contributed by atoms with E-state index in [9.17, 15) is 4.79 Å². The van der Waals surface area contributed by atoms with Gasteiger partial charge in [0.05, 0.1) is 6.54 Å². The SMILES string of the molecule is C#CCNC(=O)NCCCCN. The smallest absolute Gasteiger partial charge is 0.315 e. The van der Waals surface area contributed by atoms with Gasteiger partial charge in [0.2, 0.25) is 0 Å². The van der Waals surface area contributed by atoms with Gasteiger partial charge in [-0.1, -0.05) is 5.92 Å². The number of terminal acetylenes is 1. The normalized spacial score (nSPS) is 8.67. The molecule has 4 nitrogen and oxygen atoms in total. The fourth-order valence-corrected chi connectivity index (χ4v) is 0.665. The topological polar surface area (TPSA) is 67.2 Å². The number of nitrogens with two attached hydrogens (primary N) is 1. The van der Waals surface area contributed by atoms with Crippen LogP contribution in [0.15, 0.2) is 0 Å². The molecule has 0 atom stereocenters. The maximum Gasteiger partial charge on any atom is 0.315 e. The van der Waals surface area contributed by atoms with Gasteiger partial charge in [-0.25, -0.2) is 4.79 Å². The van der Waals surface area contributed by atoms with E-state index >= 15 is 0 Å². The molecule has 4 N–H and O–H groups in total. The molecule has 0 fully saturated rings. The highest BCUT2D eigenvalue weighted by Crippen LogP contribution is 1.81. The Labute approximate surface area is 72.9 Å². The Bertz CT molecular complexity index is 162. The third-order valence-electron chi connectivity index (χ3n) is 1.27. The zero-order chi connectivity index (χ0) is 9.23. The summed E-state index contributed by atoms with van der Waals surface area (Å²) >= 11 is 0. The monoisotopic (exact) mass is 169 g/mol. The van der Waals surface area contributed by atoms with Crippen LogP contribution in [-0.2, 0) is 0 Å². The molecule has 12 heavy (non-hydrogen) atoms. The molecule has 0 heterocycles. The molecule has 0 aliphatic heterocycles. The lowest BCUT2D eigenvalue weighted by Gasteiger charge is -2.03. The predicted molar refractivity (Wildman–Crippen MR) is 48.5 cm³/mol. The van der Waals surface area contributed by atoms with Crippen molar-refractivity contribution in [3.05, 3.63) is 0 Å². The highest BCUT2D eigenvalue weighted by molar-refractivity contribution is 5.73. The predicted octanol–water partition coefficient (Wildman–Crippen LogP) is -0.342. The zero-order valence-electron chi connectivity index (χ0n) is 7.10. The zero-order valence-corrected chi connectivity index (χ0v) is 7.10. The standard InChI is InChI=1S/C8H15N3O/c1-2-6-10-8(12)11-7-4-3-5-9/h1H,3-7,9H2,(H2,10,11,12). The van der Waals surface area contributed by atoms with Gasteiger partial charge < -0.3 is 16.4 Å². The van der Waals surface area contributed by atoms with Gasteiger partial charge >= 0.3 is 6.03 Å². The first kappa shape index (κ1) is 10.8. The minimum Gasteiger partial charge on any atom is -0.338 e. The lowest BCUT2D eigenvalue weighted by Crippen LogP contribution is -2.36. The molecule has 0 aliphatic carbocycles. The van der Waals surface area contributed by atoms with Crippen molar-refractivity contribution in [3.63, 3.8) is 0 Å². The van der Waals surface area contributed by atoms with Gasteiger partial charge in [0, 0.05) is 6.54 Å². The van der Waals surface area contributed by atoms with E-state index in [1.807, 2.05) is 0 Å². The Morgan fingerprint density at radius 2 is 2.17 bits per heavy atom. The third kappa shape index (κ3) is 6.90. The number of hydrogen-bond donors (Lipinski definition) is 3. The maximum atomic E-state index is 10.8. The first-order valence-electron chi connectivity index (χ1n) is 3.96. The summed E-state index contributed by atoms with van der Waals surface area (Å²) in [5.41, 5.74) is 5.27. The van der Waals surface area contributed by atoms with Gasteiger partial charge in [0.25, 0.3) is 0 Å². The highest BCUT2D eigenvalue weighted by atomic mass is 16.2. The van der Waals surface area contributed by atoms with E-state index in [-0.39, 0.29) is 12.6 Å². The van der Waals surface area contributed by atoms with E-state index < -0.39 is 0 Å². The molecule has 0 aromatic carbocycles. The van der Waals surface area contributed by atoms with Crippen LogP contribution in [0, 0.1) is 12.3 Å². The van der Waals surface area contributed by atoms with E-state index in [4.69, 9.17) is 12.2 Å². The summed E-state index contributed by atoms with van der Waals surface area (Å²) in [4.78, 5) is 10.8. The van der Waals surface area contributed by atoms with Crippen molar-refractivity contribution in [3.8, 4) is 12.3 Å². The second-order valence-corrected chi connectivity index (χ2v) is 2.31. The fraction of sp³-hybridized carbons (Fsp3) is 0.625. The minimum absolute atomic E-state index is 0.218. The van der Waals surface area contributed by atoms with Crippen molar-refractivity contribution in [2.45, 2.75) is 12.8 Å². The summed E-state index contributed by atoms with van der Waals surface area (Å²) in [6, 6.07) is -0.218. The van der Waals surface area contributed by atoms with Crippen LogP contribution < -0.4 is 16.4 Å². The van der Waals surface area contributed by atoms with Gasteiger partial charge in [-0.05, 0) is 19.4 Å². The van der Waals surface area contributed by atoms with Gasteiger partial charge in [-0.3, -0.25) is 0 Å². The van der Waals surface area contributed by atoms with Crippen molar-refractivity contribution in [2.75, 3.05) is 19.6 Å². The molecule has 0 aliphatic rings. The quantitative estimate of drug-likeness (QED) is 0.389. The van der Waals surface area contributed by atoms with Crippen LogP contribution in [-0.4, -0.2) is 25.7 Å². The first-order valence-corrected chi connectivity index (χ1v) is 3.96. The number of carbonyl (C=O) groups excluding carboxylic acids is 1. The second kappa shape index (κ2) is 7.89. The van der Waals surface area contributed by atoms with Crippen LogP contribution in [0.1, 0.15) is 12.8 Å². The largest absolute Gasteiger partial charge is 0.338 e. The number of carbonyl (C=O) groups is 1. The van der Waals surface area contributed by atoms with Crippen molar-refractivity contribution in [1.29, 1.82) is 0 Å². The Morgan fingerprint density at radius 3 is 2.75 bits per heavy atom. The van der Waals surface area contributed by atoms with Crippen LogP contribution in [0.5, 0.6) is 0 Å². The van der Waals surface area contributed by atoms with Crippen molar-refractivity contribution < 1.29 is 4.79 Å². The molecule has 0 aromatic heterocycles. The summed E-state index contributed by atoms with van der Waals surface area (Å²) in [5, 5.41) is 5.14. The lowest BCUT2D eigenvalue weighted by molar-refractivity contribution is 0.242.